The average molecular weight is 409 g/mol. The number of rotatable bonds is 7. The Morgan fingerprint density at radius 3 is 2.90 bits per heavy atom. The lowest BCUT2D eigenvalue weighted by atomic mass is 10.1. The minimum atomic E-state index is 0. The molecule has 4 nitrogen and oxygen atoms in total. The Labute approximate surface area is 142 Å². The third kappa shape index (κ3) is 5.29. The van der Waals surface area contributed by atoms with Gasteiger partial charge in [0.1, 0.15) is 5.69 Å². The van der Waals surface area contributed by atoms with Crippen molar-refractivity contribution in [2.75, 3.05) is 26.7 Å². The van der Waals surface area contributed by atoms with E-state index in [1.807, 2.05) is 0 Å². The average Bonchev–Trinajstić information content (AvgIpc) is 2.87. The molecule has 0 bridgehead atoms. The molecule has 1 aromatic rings. The first kappa shape index (κ1) is 17.8. The Kier molecular flexibility index (Phi) is 8.63. The maximum Gasteiger partial charge on any atom is 0.253 e. The van der Waals surface area contributed by atoms with Gasteiger partial charge < -0.3 is 9.64 Å². The van der Waals surface area contributed by atoms with E-state index in [1.165, 1.54) is 36.6 Å². The van der Waals surface area contributed by atoms with Crippen LogP contribution < -0.4 is 4.74 Å². The van der Waals surface area contributed by atoms with Gasteiger partial charge in [0.2, 0.25) is 0 Å². The van der Waals surface area contributed by atoms with Crippen LogP contribution in [0, 0.1) is 0 Å². The smallest absolute Gasteiger partial charge is 0.253 e. The van der Waals surface area contributed by atoms with Crippen LogP contribution in [0.2, 0.25) is 0 Å². The number of hydrogen-bond acceptors (Lipinski definition) is 5. The fourth-order valence-corrected chi connectivity index (χ4v) is 2.77. The minimum Gasteiger partial charge on any atom is -0.475 e. The van der Waals surface area contributed by atoms with Crippen LogP contribution in [-0.4, -0.2) is 40.4 Å². The lowest BCUT2D eigenvalue weighted by molar-refractivity contribution is 0.294. The summed E-state index contributed by atoms with van der Waals surface area (Å²) in [5.41, 5.74) is 2.21. The summed E-state index contributed by atoms with van der Waals surface area (Å²) in [6.07, 6.45) is 8.21. The van der Waals surface area contributed by atoms with E-state index in [9.17, 15) is 0 Å². The van der Waals surface area contributed by atoms with Gasteiger partial charge in [0, 0.05) is 13.1 Å². The molecule has 0 spiro atoms. The molecule has 0 N–H and O–H groups in total. The summed E-state index contributed by atoms with van der Waals surface area (Å²) < 4.78 is 14.5. The standard InChI is InChI=1S/C14H23N3OS.HI/c1-3-4-5-6-10-18-14-13(15-19-16-14)12-8-7-9-17(2)11-12;/h8H,3-7,9-11H2,1-2H3;1H. The molecule has 0 amide bonds. The zero-order valence-electron chi connectivity index (χ0n) is 12.3. The van der Waals surface area contributed by atoms with Gasteiger partial charge in [-0.2, -0.15) is 4.37 Å². The van der Waals surface area contributed by atoms with Gasteiger partial charge in [-0.3, -0.25) is 0 Å². The van der Waals surface area contributed by atoms with Crippen LogP contribution in [0.3, 0.4) is 0 Å². The van der Waals surface area contributed by atoms with E-state index < -0.39 is 0 Å². The highest BCUT2D eigenvalue weighted by Gasteiger charge is 2.18. The van der Waals surface area contributed by atoms with E-state index in [0.717, 1.165) is 44.1 Å². The van der Waals surface area contributed by atoms with Crippen molar-refractivity contribution >= 4 is 41.3 Å². The van der Waals surface area contributed by atoms with E-state index >= 15 is 0 Å². The van der Waals surface area contributed by atoms with Crippen molar-refractivity contribution in [3.05, 3.63) is 11.8 Å². The molecule has 6 heteroatoms. The van der Waals surface area contributed by atoms with Crippen molar-refractivity contribution in [1.29, 1.82) is 0 Å². The molecule has 0 aliphatic carbocycles. The molecule has 0 atom stereocenters. The van der Waals surface area contributed by atoms with Crippen LogP contribution in [0.5, 0.6) is 5.88 Å². The van der Waals surface area contributed by atoms with Gasteiger partial charge in [-0.05, 0) is 25.5 Å². The summed E-state index contributed by atoms with van der Waals surface area (Å²) in [5.74, 6) is 0.725. The molecule has 0 saturated carbocycles. The Morgan fingerprint density at radius 1 is 1.30 bits per heavy atom. The first-order valence-corrected chi connectivity index (χ1v) is 7.87. The number of halogens is 1. The van der Waals surface area contributed by atoms with Gasteiger partial charge in [0.25, 0.3) is 5.88 Å². The number of nitrogens with zero attached hydrogens (tertiary/aromatic N) is 3. The van der Waals surface area contributed by atoms with Crippen molar-refractivity contribution < 1.29 is 4.74 Å². The fourth-order valence-electron chi connectivity index (χ4n) is 2.23. The van der Waals surface area contributed by atoms with Crippen LogP contribution >= 0.6 is 35.7 Å². The van der Waals surface area contributed by atoms with Gasteiger partial charge in [0.15, 0.2) is 0 Å². The second-order valence-corrected chi connectivity index (χ2v) is 5.61. The zero-order chi connectivity index (χ0) is 13.5. The summed E-state index contributed by atoms with van der Waals surface area (Å²) in [6, 6.07) is 0. The fraction of sp³-hybridized carbons (Fsp3) is 0.714. The number of hydrogen-bond donors (Lipinski definition) is 0. The molecule has 1 aliphatic heterocycles. The van der Waals surface area contributed by atoms with E-state index in [0.29, 0.717) is 0 Å². The van der Waals surface area contributed by atoms with Crippen molar-refractivity contribution in [1.82, 2.24) is 13.6 Å². The van der Waals surface area contributed by atoms with E-state index in [2.05, 4.69) is 33.7 Å². The predicted octanol–water partition coefficient (Wildman–Crippen LogP) is 3.83. The van der Waals surface area contributed by atoms with Crippen molar-refractivity contribution in [3.8, 4) is 5.88 Å². The highest BCUT2D eigenvalue weighted by atomic mass is 127. The number of aromatic nitrogens is 2. The van der Waals surface area contributed by atoms with Crippen molar-refractivity contribution in [2.45, 2.75) is 39.0 Å². The maximum absolute atomic E-state index is 5.79. The van der Waals surface area contributed by atoms with E-state index in [1.54, 1.807) is 0 Å². The molecule has 0 fully saturated rings. The third-order valence-corrected chi connectivity index (χ3v) is 3.85. The third-order valence-electron chi connectivity index (χ3n) is 3.34. The molecule has 0 radical (unpaired) electrons. The summed E-state index contributed by atoms with van der Waals surface area (Å²) in [6.45, 7) is 5.03. The summed E-state index contributed by atoms with van der Waals surface area (Å²) >= 11 is 1.25. The van der Waals surface area contributed by atoms with E-state index in [4.69, 9.17) is 4.74 Å². The Bertz CT molecular complexity index is 422. The zero-order valence-corrected chi connectivity index (χ0v) is 15.4. The van der Waals surface area contributed by atoms with Crippen LogP contribution in [0.4, 0.5) is 0 Å². The number of ether oxygens (including phenoxy) is 1. The lowest BCUT2D eigenvalue weighted by Gasteiger charge is -2.22. The largest absolute Gasteiger partial charge is 0.475 e. The highest BCUT2D eigenvalue weighted by molar-refractivity contribution is 14.0. The van der Waals surface area contributed by atoms with Crippen LogP contribution in [0.15, 0.2) is 6.08 Å². The molecule has 2 rings (SSSR count). The molecule has 1 aromatic heterocycles. The second-order valence-electron chi connectivity index (χ2n) is 5.08. The van der Waals surface area contributed by atoms with Gasteiger partial charge in [-0.25, -0.2) is 0 Å². The Balaban J connectivity index is 0.00000200. The Morgan fingerprint density at radius 2 is 2.15 bits per heavy atom. The normalized spacial score (nSPS) is 15.6. The molecule has 114 valence electrons. The predicted molar refractivity (Wildman–Crippen MR) is 95.1 cm³/mol. The van der Waals surface area contributed by atoms with Crippen molar-refractivity contribution in [3.63, 3.8) is 0 Å². The SMILES string of the molecule is CCCCCCOc1nsnc1C1=CCCN(C)C1.I. The van der Waals surface area contributed by atoms with Gasteiger partial charge in [0.05, 0.1) is 18.3 Å². The molecule has 20 heavy (non-hydrogen) atoms. The molecular formula is C14H24IN3OS. The summed E-state index contributed by atoms with van der Waals surface area (Å²) in [7, 11) is 2.14. The van der Waals surface area contributed by atoms with Crippen LogP contribution in [-0.2, 0) is 0 Å². The monoisotopic (exact) mass is 409 g/mol. The summed E-state index contributed by atoms with van der Waals surface area (Å²) in [5, 5.41) is 0. The van der Waals surface area contributed by atoms with Gasteiger partial charge in [-0.15, -0.1) is 28.4 Å². The summed E-state index contributed by atoms with van der Waals surface area (Å²) in [4.78, 5) is 2.31. The topological polar surface area (TPSA) is 38.3 Å². The van der Waals surface area contributed by atoms with Gasteiger partial charge in [-0.1, -0.05) is 32.3 Å². The minimum absolute atomic E-state index is 0. The molecule has 0 unspecified atom stereocenters. The Hall–Kier alpha value is -0.210. The second kappa shape index (κ2) is 9.68. The molecular weight excluding hydrogens is 385 g/mol. The first-order valence-electron chi connectivity index (χ1n) is 7.14. The van der Waals surface area contributed by atoms with Crippen LogP contribution in [0.25, 0.3) is 5.57 Å². The van der Waals surface area contributed by atoms with Crippen LogP contribution in [0.1, 0.15) is 44.7 Å². The number of likely N-dealkylation sites (N-methyl/N-ethyl adjacent to an activating group) is 1. The molecule has 2 heterocycles. The van der Waals surface area contributed by atoms with E-state index in [-0.39, 0.29) is 24.0 Å². The first-order chi connectivity index (χ1) is 9.31. The highest BCUT2D eigenvalue weighted by Crippen LogP contribution is 2.27. The molecule has 1 aliphatic rings. The van der Waals surface area contributed by atoms with Gasteiger partial charge >= 0.3 is 0 Å². The molecule has 0 saturated heterocycles. The molecule has 0 aromatic carbocycles. The quantitative estimate of drug-likeness (QED) is 0.507. The lowest BCUT2D eigenvalue weighted by Crippen LogP contribution is -2.25. The number of unbranched alkanes of at least 4 members (excludes halogenated alkanes) is 3. The van der Waals surface area contributed by atoms with Crippen molar-refractivity contribution in [2.24, 2.45) is 0 Å². The maximum atomic E-state index is 5.79.